The topological polar surface area (TPSA) is 49.4 Å². The van der Waals surface area contributed by atoms with E-state index in [0.717, 1.165) is 11.1 Å². The molecule has 0 aliphatic carbocycles. The van der Waals surface area contributed by atoms with Crippen molar-refractivity contribution in [3.8, 4) is 0 Å². The molecule has 2 aromatic carbocycles. The second-order valence-corrected chi connectivity index (χ2v) is 8.89. The van der Waals surface area contributed by atoms with E-state index in [9.17, 15) is 9.59 Å². The standard InChI is InChI=1S/C22H26Cl2N2O2S/c1-15(2)25-22(28)16(3)26(12-17-7-5-4-6-8-17)21(27)14-29-13-18-9-10-19(23)20(24)11-18/h4-11,15-16H,12-14H2,1-3H3,(H,25,28)/t16-/m0/s1. The SMILES string of the molecule is CC(C)NC(=O)[C@H](C)N(Cc1ccccc1)C(=O)CSCc1ccc(Cl)c(Cl)c1. The summed E-state index contributed by atoms with van der Waals surface area (Å²) in [5.74, 6) is 0.671. The van der Waals surface area contributed by atoms with Gasteiger partial charge in [0.25, 0.3) is 0 Å². The van der Waals surface area contributed by atoms with E-state index in [1.165, 1.54) is 11.8 Å². The van der Waals surface area contributed by atoms with Gasteiger partial charge in [-0.1, -0.05) is 59.6 Å². The molecule has 0 fully saturated rings. The van der Waals surface area contributed by atoms with Crippen molar-refractivity contribution in [3.63, 3.8) is 0 Å². The second-order valence-electron chi connectivity index (χ2n) is 7.09. The fraction of sp³-hybridized carbons (Fsp3) is 0.364. The van der Waals surface area contributed by atoms with Gasteiger partial charge in [-0.15, -0.1) is 11.8 Å². The van der Waals surface area contributed by atoms with E-state index in [-0.39, 0.29) is 23.6 Å². The van der Waals surface area contributed by atoms with Crippen LogP contribution in [0.15, 0.2) is 48.5 Å². The molecule has 0 radical (unpaired) electrons. The van der Waals surface area contributed by atoms with Crippen LogP contribution in [0, 0.1) is 0 Å². The van der Waals surface area contributed by atoms with Gasteiger partial charge < -0.3 is 10.2 Å². The Morgan fingerprint density at radius 3 is 2.31 bits per heavy atom. The molecule has 156 valence electrons. The normalized spacial score (nSPS) is 11.9. The zero-order valence-corrected chi connectivity index (χ0v) is 19.2. The van der Waals surface area contributed by atoms with E-state index in [0.29, 0.717) is 22.3 Å². The molecule has 0 bridgehead atoms. The van der Waals surface area contributed by atoms with Crippen LogP contribution in [0.4, 0.5) is 0 Å². The lowest BCUT2D eigenvalue weighted by Gasteiger charge is -2.29. The Kier molecular flexibility index (Phi) is 9.34. The van der Waals surface area contributed by atoms with Crippen LogP contribution >= 0.6 is 35.0 Å². The lowest BCUT2D eigenvalue weighted by Crippen LogP contribution is -2.49. The minimum atomic E-state index is -0.560. The average molecular weight is 453 g/mol. The van der Waals surface area contributed by atoms with Crippen LogP contribution < -0.4 is 5.32 Å². The summed E-state index contributed by atoms with van der Waals surface area (Å²) >= 11 is 13.5. The van der Waals surface area contributed by atoms with Crippen molar-refractivity contribution in [2.24, 2.45) is 0 Å². The third-order valence-corrected chi connectivity index (χ3v) is 6.00. The molecule has 7 heteroatoms. The number of nitrogens with one attached hydrogen (secondary N) is 1. The number of carbonyl (C=O) groups is 2. The highest BCUT2D eigenvalue weighted by atomic mass is 35.5. The Bertz CT molecular complexity index is 831. The third-order valence-electron chi connectivity index (χ3n) is 4.27. The number of thioether (sulfide) groups is 1. The maximum absolute atomic E-state index is 13.0. The first kappa shape index (κ1) is 23.6. The molecular formula is C22H26Cl2N2O2S. The first-order valence-electron chi connectivity index (χ1n) is 9.43. The summed E-state index contributed by atoms with van der Waals surface area (Å²) in [6.07, 6.45) is 0. The van der Waals surface area contributed by atoms with Crippen LogP contribution in [-0.4, -0.2) is 34.6 Å². The number of hydrogen-bond donors (Lipinski definition) is 1. The molecule has 1 N–H and O–H groups in total. The highest BCUT2D eigenvalue weighted by molar-refractivity contribution is 7.99. The Morgan fingerprint density at radius 1 is 1.00 bits per heavy atom. The third kappa shape index (κ3) is 7.57. The predicted molar refractivity (Wildman–Crippen MR) is 122 cm³/mol. The molecule has 0 unspecified atom stereocenters. The summed E-state index contributed by atoms with van der Waals surface area (Å²) < 4.78 is 0. The van der Waals surface area contributed by atoms with Gasteiger partial charge in [-0.2, -0.15) is 0 Å². The van der Waals surface area contributed by atoms with Gasteiger partial charge in [-0.25, -0.2) is 0 Å². The van der Waals surface area contributed by atoms with Crippen molar-refractivity contribution in [2.45, 2.75) is 45.2 Å². The van der Waals surface area contributed by atoms with E-state index < -0.39 is 6.04 Å². The zero-order valence-electron chi connectivity index (χ0n) is 16.8. The van der Waals surface area contributed by atoms with Crippen molar-refractivity contribution in [3.05, 3.63) is 69.7 Å². The average Bonchev–Trinajstić information content (AvgIpc) is 2.68. The molecule has 0 aliphatic heterocycles. The molecule has 0 heterocycles. The highest BCUT2D eigenvalue weighted by Crippen LogP contribution is 2.25. The van der Waals surface area contributed by atoms with Crippen LogP contribution in [0.5, 0.6) is 0 Å². The molecule has 1 atom stereocenters. The van der Waals surface area contributed by atoms with E-state index in [2.05, 4.69) is 5.32 Å². The lowest BCUT2D eigenvalue weighted by atomic mass is 10.1. The van der Waals surface area contributed by atoms with E-state index in [1.807, 2.05) is 56.3 Å². The Morgan fingerprint density at radius 2 is 1.69 bits per heavy atom. The summed E-state index contributed by atoms with van der Waals surface area (Å²) in [6.45, 7) is 5.96. The minimum absolute atomic E-state index is 0.0163. The molecule has 0 spiro atoms. The van der Waals surface area contributed by atoms with Crippen molar-refractivity contribution in [1.29, 1.82) is 0 Å². The van der Waals surface area contributed by atoms with Gasteiger partial charge in [0.2, 0.25) is 11.8 Å². The van der Waals surface area contributed by atoms with Gasteiger partial charge in [-0.05, 0) is 44.0 Å². The summed E-state index contributed by atoms with van der Waals surface area (Å²) in [4.78, 5) is 27.1. The fourth-order valence-corrected chi connectivity index (χ4v) is 3.91. The molecule has 0 aliphatic rings. The monoisotopic (exact) mass is 452 g/mol. The van der Waals surface area contributed by atoms with Crippen LogP contribution in [0.25, 0.3) is 0 Å². The highest BCUT2D eigenvalue weighted by Gasteiger charge is 2.26. The minimum Gasteiger partial charge on any atom is -0.352 e. The van der Waals surface area contributed by atoms with Crippen molar-refractivity contribution < 1.29 is 9.59 Å². The summed E-state index contributed by atoms with van der Waals surface area (Å²) in [5, 5.41) is 3.90. The molecule has 0 saturated carbocycles. The maximum atomic E-state index is 13.0. The number of halogens is 2. The summed E-state index contributed by atoms with van der Waals surface area (Å²) in [6, 6.07) is 14.6. The van der Waals surface area contributed by atoms with Gasteiger partial charge in [0.05, 0.1) is 15.8 Å². The Hall–Kier alpha value is -1.69. The van der Waals surface area contributed by atoms with Crippen molar-refractivity contribution in [2.75, 3.05) is 5.75 Å². The van der Waals surface area contributed by atoms with Crippen molar-refractivity contribution in [1.82, 2.24) is 10.2 Å². The van der Waals surface area contributed by atoms with Crippen LogP contribution in [0.1, 0.15) is 31.9 Å². The molecular weight excluding hydrogens is 427 g/mol. The number of carbonyl (C=O) groups excluding carboxylic acids is 2. The van der Waals surface area contributed by atoms with Gasteiger partial charge >= 0.3 is 0 Å². The first-order chi connectivity index (χ1) is 13.8. The number of nitrogens with zero attached hydrogens (tertiary/aromatic N) is 1. The summed E-state index contributed by atoms with van der Waals surface area (Å²) in [7, 11) is 0. The molecule has 2 rings (SSSR count). The zero-order chi connectivity index (χ0) is 21.4. The largest absolute Gasteiger partial charge is 0.352 e. The van der Waals surface area contributed by atoms with E-state index in [1.54, 1.807) is 17.9 Å². The van der Waals surface area contributed by atoms with E-state index >= 15 is 0 Å². The number of benzene rings is 2. The van der Waals surface area contributed by atoms with Crippen LogP contribution in [0.2, 0.25) is 10.0 Å². The number of rotatable bonds is 9. The predicted octanol–water partition coefficient (Wildman–Crippen LogP) is 5.17. The van der Waals surface area contributed by atoms with Gasteiger partial charge in [-0.3, -0.25) is 9.59 Å². The maximum Gasteiger partial charge on any atom is 0.242 e. The molecule has 0 saturated heterocycles. The number of amides is 2. The smallest absolute Gasteiger partial charge is 0.242 e. The molecule has 2 amide bonds. The van der Waals surface area contributed by atoms with Gasteiger partial charge in [0.15, 0.2) is 0 Å². The Balaban J connectivity index is 2.04. The summed E-state index contributed by atoms with van der Waals surface area (Å²) in [5.41, 5.74) is 1.98. The lowest BCUT2D eigenvalue weighted by molar-refractivity contribution is -0.138. The quantitative estimate of drug-likeness (QED) is 0.570. The van der Waals surface area contributed by atoms with Crippen LogP contribution in [0.3, 0.4) is 0 Å². The van der Waals surface area contributed by atoms with Gasteiger partial charge in [0, 0.05) is 18.3 Å². The van der Waals surface area contributed by atoms with Crippen LogP contribution in [-0.2, 0) is 21.9 Å². The first-order valence-corrected chi connectivity index (χ1v) is 11.3. The second kappa shape index (κ2) is 11.5. The Labute approximate surface area is 187 Å². The molecule has 0 aromatic heterocycles. The van der Waals surface area contributed by atoms with E-state index in [4.69, 9.17) is 23.2 Å². The number of hydrogen-bond acceptors (Lipinski definition) is 3. The molecule has 29 heavy (non-hydrogen) atoms. The fourth-order valence-electron chi connectivity index (χ4n) is 2.74. The van der Waals surface area contributed by atoms with Crippen molar-refractivity contribution >= 4 is 46.8 Å². The van der Waals surface area contributed by atoms with Gasteiger partial charge in [0.1, 0.15) is 6.04 Å². The molecule has 2 aromatic rings. The molecule has 4 nitrogen and oxygen atoms in total.